The Kier molecular flexibility index (Phi) is 6.56. The molecule has 2 amide bonds. The molecule has 1 unspecified atom stereocenters. The molecular formula is C28H29N3O3. The zero-order chi connectivity index (χ0) is 23.3. The van der Waals surface area contributed by atoms with E-state index in [0.29, 0.717) is 17.9 Å². The Hall–Kier alpha value is -3.67. The van der Waals surface area contributed by atoms with Gasteiger partial charge in [-0.05, 0) is 41.7 Å². The molecule has 34 heavy (non-hydrogen) atoms. The van der Waals surface area contributed by atoms with Crippen LogP contribution >= 0.6 is 0 Å². The molecule has 1 aliphatic carbocycles. The van der Waals surface area contributed by atoms with Gasteiger partial charge in [-0.25, -0.2) is 0 Å². The number of amides is 2. The van der Waals surface area contributed by atoms with Crippen molar-refractivity contribution in [1.82, 2.24) is 15.2 Å². The Bertz CT molecular complexity index is 1160. The van der Waals surface area contributed by atoms with Gasteiger partial charge in [0, 0.05) is 30.5 Å². The molecule has 0 bridgehead atoms. The Morgan fingerprint density at radius 1 is 1.00 bits per heavy atom. The van der Waals surface area contributed by atoms with Crippen molar-refractivity contribution in [2.45, 2.75) is 50.7 Å². The summed E-state index contributed by atoms with van der Waals surface area (Å²) in [7, 11) is 0. The van der Waals surface area contributed by atoms with Gasteiger partial charge in [0.2, 0.25) is 5.91 Å². The Balaban J connectivity index is 1.47. The average Bonchev–Trinajstić information content (AvgIpc) is 3.02. The van der Waals surface area contributed by atoms with Gasteiger partial charge in [0.15, 0.2) is 6.61 Å². The van der Waals surface area contributed by atoms with Crippen molar-refractivity contribution in [3.8, 4) is 16.9 Å². The molecule has 1 fully saturated rings. The lowest BCUT2D eigenvalue weighted by Crippen LogP contribution is -2.46. The van der Waals surface area contributed by atoms with E-state index in [0.717, 1.165) is 42.4 Å². The maximum Gasteiger partial charge on any atom is 0.261 e. The van der Waals surface area contributed by atoms with Crippen molar-refractivity contribution in [2.75, 3.05) is 6.61 Å². The highest BCUT2D eigenvalue weighted by Crippen LogP contribution is 2.34. The van der Waals surface area contributed by atoms with E-state index >= 15 is 0 Å². The first kappa shape index (κ1) is 22.1. The van der Waals surface area contributed by atoms with E-state index < -0.39 is 6.04 Å². The van der Waals surface area contributed by atoms with Crippen LogP contribution in [0.1, 0.15) is 49.3 Å². The van der Waals surface area contributed by atoms with E-state index in [1.54, 1.807) is 23.4 Å². The van der Waals surface area contributed by atoms with Gasteiger partial charge in [-0.15, -0.1) is 0 Å². The molecule has 1 aliphatic heterocycles. The van der Waals surface area contributed by atoms with Gasteiger partial charge < -0.3 is 15.0 Å². The third kappa shape index (κ3) is 4.81. The summed E-state index contributed by atoms with van der Waals surface area (Å²) in [5.41, 5.74) is 3.76. The van der Waals surface area contributed by atoms with E-state index in [1.807, 2.05) is 30.3 Å². The van der Waals surface area contributed by atoms with E-state index in [1.165, 1.54) is 6.42 Å². The number of aromatic nitrogens is 1. The van der Waals surface area contributed by atoms with Crippen LogP contribution in [0.3, 0.4) is 0 Å². The summed E-state index contributed by atoms with van der Waals surface area (Å²) >= 11 is 0. The number of carbonyl (C=O) groups is 2. The second-order valence-electron chi connectivity index (χ2n) is 9.04. The second kappa shape index (κ2) is 10.1. The smallest absolute Gasteiger partial charge is 0.261 e. The third-order valence-corrected chi connectivity index (χ3v) is 6.67. The molecular weight excluding hydrogens is 426 g/mol. The topological polar surface area (TPSA) is 71.5 Å². The van der Waals surface area contributed by atoms with Crippen molar-refractivity contribution >= 4 is 11.8 Å². The Morgan fingerprint density at radius 2 is 1.79 bits per heavy atom. The summed E-state index contributed by atoms with van der Waals surface area (Å²) in [5.74, 6) is 0.150. The van der Waals surface area contributed by atoms with Crippen LogP contribution in [-0.4, -0.2) is 34.3 Å². The third-order valence-electron chi connectivity index (χ3n) is 6.67. The maximum atomic E-state index is 13.6. The van der Waals surface area contributed by atoms with Crippen molar-refractivity contribution in [3.05, 3.63) is 84.2 Å². The minimum absolute atomic E-state index is 0.109. The average molecular weight is 456 g/mol. The molecule has 1 saturated carbocycles. The van der Waals surface area contributed by atoms with Gasteiger partial charge in [-0.2, -0.15) is 0 Å². The summed E-state index contributed by atoms with van der Waals surface area (Å²) in [4.78, 5) is 32.8. The Labute approximate surface area is 200 Å². The van der Waals surface area contributed by atoms with Crippen LogP contribution in [0.4, 0.5) is 0 Å². The van der Waals surface area contributed by atoms with Gasteiger partial charge in [-0.3, -0.25) is 14.6 Å². The molecule has 1 atom stereocenters. The molecule has 0 saturated heterocycles. The van der Waals surface area contributed by atoms with Gasteiger partial charge in [0.1, 0.15) is 11.8 Å². The molecule has 6 nitrogen and oxygen atoms in total. The molecule has 1 aromatic heterocycles. The van der Waals surface area contributed by atoms with Crippen molar-refractivity contribution in [3.63, 3.8) is 0 Å². The standard InChI is InChI=1S/C28H29N3O3/c32-26-19-34-25-14-15-29-17-24(25)27(28(33)30-23-12-5-2-6-13-23)31(26)18-20-8-7-11-22(16-20)21-9-3-1-4-10-21/h1,3-4,7-11,14-17,23,27H,2,5-6,12-13,18-19H2,(H,30,33). The number of fused-ring (bicyclic) bond motifs is 1. The summed E-state index contributed by atoms with van der Waals surface area (Å²) in [5, 5.41) is 3.21. The number of nitrogens with zero attached hydrogens (tertiary/aromatic N) is 2. The number of carbonyl (C=O) groups excluding carboxylic acids is 2. The van der Waals surface area contributed by atoms with E-state index in [2.05, 4.69) is 34.6 Å². The number of benzene rings is 2. The van der Waals surface area contributed by atoms with Crippen LogP contribution in [0.25, 0.3) is 11.1 Å². The molecule has 2 aliphatic rings. The molecule has 3 aromatic rings. The molecule has 2 aromatic carbocycles. The number of hydrogen-bond donors (Lipinski definition) is 1. The maximum absolute atomic E-state index is 13.6. The summed E-state index contributed by atoms with van der Waals surface area (Å²) in [6.45, 7) is 0.197. The fourth-order valence-corrected chi connectivity index (χ4v) is 4.93. The molecule has 174 valence electrons. The zero-order valence-electron chi connectivity index (χ0n) is 19.2. The van der Waals surface area contributed by atoms with Gasteiger partial charge in [-0.1, -0.05) is 67.8 Å². The second-order valence-corrected chi connectivity index (χ2v) is 9.04. The molecule has 0 spiro atoms. The van der Waals surface area contributed by atoms with Gasteiger partial charge >= 0.3 is 0 Å². The molecule has 2 heterocycles. The Morgan fingerprint density at radius 3 is 2.62 bits per heavy atom. The largest absolute Gasteiger partial charge is 0.483 e. The SMILES string of the molecule is O=C(NC1CCCCC1)C1c2cnccc2OCC(=O)N1Cc1cccc(-c2ccccc2)c1. The normalized spacial score (nSPS) is 18.5. The fraction of sp³-hybridized carbons (Fsp3) is 0.321. The first-order chi connectivity index (χ1) is 16.7. The molecule has 0 radical (unpaired) electrons. The highest BCUT2D eigenvalue weighted by atomic mass is 16.5. The first-order valence-corrected chi connectivity index (χ1v) is 12.0. The lowest BCUT2D eigenvalue weighted by molar-refractivity contribution is -0.142. The number of ether oxygens (including phenoxy) is 1. The number of rotatable bonds is 5. The highest BCUT2D eigenvalue weighted by molar-refractivity contribution is 5.90. The fourth-order valence-electron chi connectivity index (χ4n) is 4.93. The minimum atomic E-state index is -0.791. The molecule has 6 heteroatoms. The van der Waals surface area contributed by atoms with Crippen molar-refractivity contribution in [2.24, 2.45) is 0 Å². The zero-order valence-corrected chi connectivity index (χ0v) is 19.2. The first-order valence-electron chi connectivity index (χ1n) is 12.0. The van der Waals surface area contributed by atoms with Crippen molar-refractivity contribution in [1.29, 1.82) is 0 Å². The summed E-state index contributed by atoms with van der Waals surface area (Å²) < 4.78 is 5.78. The van der Waals surface area contributed by atoms with Crippen LogP contribution in [0.5, 0.6) is 5.75 Å². The number of nitrogens with one attached hydrogen (secondary N) is 1. The lowest BCUT2D eigenvalue weighted by Gasteiger charge is -2.31. The van der Waals surface area contributed by atoms with E-state index in [9.17, 15) is 9.59 Å². The van der Waals surface area contributed by atoms with Crippen LogP contribution in [-0.2, 0) is 16.1 Å². The van der Waals surface area contributed by atoms with Gasteiger partial charge in [0.25, 0.3) is 5.91 Å². The van der Waals surface area contributed by atoms with Crippen LogP contribution in [0.15, 0.2) is 73.1 Å². The number of pyridine rings is 1. The van der Waals surface area contributed by atoms with Gasteiger partial charge in [0.05, 0.1) is 0 Å². The monoisotopic (exact) mass is 455 g/mol. The predicted octanol–water partition coefficient (Wildman–Crippen LogP) is 4.66. The molecule has 5 rings (SSSR count). The van der Waals surface area contributed by atoms with Crippen LogP contribution in [0, 0.1) is 0 Å². The quantitative estimate of drug-likeness (QED) is 0.607. The van der Waals surface area contributed by atoms with Crippen LogP contribution in [0.2, 0.25) is 0 Å². The summed E-state index contributed by atoms with van der Waals surface area (Å²) in [6.07, 6.45) is 8.66. The van der Waals surface area contributed by atoms with E-state index in [-0.39, 0.29) is 24.5 Å². The molecule has 1 N–H and O–H groups in total. The number of hydrogen-bond acceptors (Lipinski definition) is 4. The van der Waals surface area contributed by atoms with Crippen molar-refractivity contribution < 1.29 is 14.3 Å². The lowest BCUT2D eigenvalue weighted by atomic mass is 9.94. The minimum Gasteiger partial charge on any atom is -0.483 e. The predicted molar refractivity (Wildman–Crippen MR) is 130 cm³/mol. The van der Waals surface area contributed by atoms with Crippen LogP contribution < -0.4 is 10.1 Å². The highest BCUT2D eigenvalue weighted by Gasteiger charge is 2.37. The summed E-state index contributed by atoms with van der Waals surface area (Å²) in [6, 6.07) is 19.3. The van der Waals surface area contributed by atoms with E-state index in [4.69, 9.17) is 4.74 Å².